The minimum atomic E-state index is -0.0347. The van der Waals surface area contributed by atoms with Crippen molar-refractivity contribution in [1.82, 2.24) is 14.9 Å². The molecule has 138 valence electrons. The molecule has 0 saturated carbocycles. The van der Waals surface area contributed by atoms with Gasteiger partial charge in [-0.25, -0.2) is 10.2 Å². The third kappa shape index (κ3) is 2.53. The van der Waals surface area contributed by atoms with E-state index in [-0.39, 0.29) is 6.03 Å². The van der Waals surface area contributed by atoms with Gasteiger partial charge in [0.2, 0.25) is 0 Å². The highest BCUT2D eigenvalue weighted by Crippen LogP contribution is 2.40. The van der Waals surface area contributed by atoms with Gasteiger partial charge in [0.15, 0.2) is 0 Å². The van der Waals surface area contributed by atoms with E-state index in [9.17, 15) is 4.79 Å². The summed E-state index contributed by atoms with van der Waals surface area (Å²) in [5, 5.41) is 4.98. The van der Waals surface area contributed by atoms with Crippen LogP contribution in [-0.2, 0) is 12.8 Å². The van der Waals surface area contributed by atoms with Crippen LogP contribution in [0.25, 0.3) is 16.5 Å². The summed E-state index contributed by atoms with van der Waals surface area (Å²) in [4.78, 5) is 14.5. The van der Waals surface area contributed by atoms with Gasteiger partial charge in [-0.15, -0.1) is 0 Å². The van der Waals surface area contributed by atoms with E-state index in [1.807, 2.05) is 23.4 Å². The number of carbonyl (C=O) groups excluding carboxylic acids is 1. The van der Waals surface area contributed by atoms with Gasteiger partial charge in [-0.3, -0.25) is 4.68 Å². The first-order valence-corrected chi connectivity index (χ1v) is 9.84. The maximum absolute atomic E-state index is 12.7. The number of hydrogen-bond donors (Lipinski definition) is 2. The van der Waals surface area contributed by atoms with Crippen LogP contribution in [0.5, 0.6) is 0 Å². The van der Waals surface area contributed by atoms with Crippen molar-refractivity contribution in [3.8, 4) is 0 Å². The number of nitrogens with one attached hydrogen (secondary N) is 2. The van der Waals surface area contributed by atoms with Crippen molar-refractivity contribution in [1.29, 1.82) is 0 Å². The molecule has 2 aliphatic rings. The number of urea groups is 1. The van der Waals surface area contributed by atoms with Gasteiger partial charge in [-0.1, -0.05) is 25.1 Å². The fourth-order valence-corrected chi connectivity index (χ4v) is 4.53. The van der Waals surface area contributed by atoms with E-state index in [0.717, 1.165) is 31.3 Å². The predicted molar refractivity (Wildman–Crippen MR) is 107 cm³/mol. The highest BCUT2D eigenvalue weighted by molar-refractivity contribution is 6.00. The Balaban J connectivity index is 1.87. The largest absolute Gasteiger partial charge is 0.336 e. The molecule has 0 radical (unpaired) electrons. The predicted octanol–water partition coefficient (Wildman–Crippen LogP) is 3.51. The first kappa shape index (κ1) is 17.2. The molecule has 0 saturated heterocycles. The molecular weight excluding hydrogens is 324 g/mol. The smallest absolute Gasteiger partial charge is 0.324 e. The summed E-state index contributed by atoms with van der Waals surface area (Å²) in [6, 6.07) is 6.82. The van der Waals surface area contributed by atoms with Gasteiger partial charge >= 0.3 is 6.03 Å². The summed E-state index contributed by atoms with van der Waals surface area (Å²) in [5.74, 6) is 0. The van der Waals surface area contributed by atoms with Crippen molar-refractivity contribution in [2.45, 2.75) is 46.1 Å². The van der Waals surface area contributed by atoms with Gasteiger partial charge in [0.05, 0.1) is 5.52 Å². The average Bonchev–Trinajstić information content (AvgIpc) is 2.97. The summed E-state index contributed by atoms with van der Waals surface area (Å²) >= 11 is 0. The fourth-order valence-electron chi connectivity index (χ4n) is 4.53. The monoisotopic (exact) mass is 352 g/mol. The number of rotatable bonds is 4. The summed E-state index contributed by atoms with van der Waals surface area (Å²) in [6.45, 7) is 8.65. The van der Waals surface area contributed by atoms with Crippen molar-refractivity contribution < 1.29 is 4.79 Å². The molecule has 2 aromatic rings. The topological polar surface area (TPSA) is 49.3 Å². The van der Waals surface area contributed by atoms with E-state index in [4.69, 9.17) is 0 Å². The second kappa shape index (κ2) is 6.80. The molecule has 0 fully saturated rings. The number of carbonyl (C=O) groups is 1. The molecule has 1 aliphatic carbocycles. The number of amides is 2. The van der Waals surface area contributed by atoms with Crippen molar-refractivity contribution in [3.63, 3.8) is 0 Å². The van der Waals surface area contributed by atoms with Gasteiger partial charge in [0.1, 0.15) is 0 Å². The molecule has 0 spiro atoms. The third-order valence-electron chi connectivity index (χ3n) is 5.79. The molecule has 0 unspecified atom stereocenters. The van der Waals surface area contributed by atoms with Crippen LogP contribution in [0.1, 0.15) is 44.0 Å². The van der Waals surface area contributed by atoms with Gasteiger partial charge in [-0.2, -0.15) is 0 Å². The highest BCUT2D eigenvalue weighted by Gasteiger charge is 2.31. The van der Waals surface area contributed by atoms with Crippen LogP contribution in [0.2, 0.25) is 0 Å². The van der Waals surface area contributed by atoms with Crippen molar-refractivity contribution >= 4 is 22.5 Å². The Bertz CT molecular complexity index is 876. The molecule has 26 heavy (non-hydrogen) atoms. The Labute approximate surface area is 155 Å². The molecule has 2 heterocycles. The molecule has 1 aromatic heterocycles. The van der Waals surface area contributed by atoms with Crippen LogP contribution >= 0.6 is 0 Å². The standard InChI is InChI=1S/C21H28N4O/c1-4-18-16-13-17-14(10-8-12-22-17)15-9-7-11-19(20(15)16)25(18)23-21(26)24(5-2)6-3/h7,9-11,17,22H,4-6,8,12-13H2,1-3H3,(H,23,26)/t17-/m1/s1. The summed E-state index contributed by atoms with van der Waals surface area (Å²) in [5.41, 5.74) is 9.62. The van der Waals surface area contributed by atoms with Crippen molar-refractivity contribution in [2.75, 3.05) is 25.1 Å². The Hall–Kier alpha value is -2.27. The zero-order valence-corrected chi connectivity index (χ0v) is 15.9. The molecule has 1 atom stereocenters. The molecule has 1 aromatic carbocycles. The molecule has 1 aliphatic heterocycles. The molecular formula is C21H28N4O. The molecule has 0 bridgehead atoms. The van der Waals surface area contributed by atoms with Crippen LogP contribution in [0, 0.1) is 0 Å². The summed E-state index contributed by atoms with van der Waals surface area (Å²) in [6.07, 6.45) is 5.36. The van der Waals surface area contributed by atoms with Gasteiger partial charge < -0.3 is 10.2 Å². The van der Waals surface area contributed by atoms with Crippen molar-refractivity contribution in [3.05, 3.63) is 41.1 Å². The maximum atomic E-state index is 12.7. The second-order valence-corrected chi connectivity index (χ2v) is 7.06. The van der Waals surface area contributed by atoms with Crippen LogP contribution in [0.15, 0.2) is 24.3 Å². The van der Waals surface area contributed by atoms with Gasteiger partial charge in [0, 0.05) is 30.2 Å². The lowest BCUT2D eigenvalue weighted by atomic mass is 9.82. The lowest BCUT2D eigenvalue weighted by Crippen LogP contribution is -2.39. The van der Waals surface area contributed by atoms with Crippen LogP contribution in [-0.4, -0.2) is 41.3 Å². The Morgan fingerprint density at radius 1 is 1.31 bits per heavy atom. The van der Waals surface area contributed by atoms with Crippen LogP contribution < -0.4 is 10.7 Å². The zero-order valence-electron chi connectivity index (χ0n) is 15.9. The van der Waals surface area contributed by atoms with E-state index in [2.05, 4.69) is 41.9 Å². The Morgan fingerprint density at radius 3 is 2.85 bits per heavy atom. The molecule has 2 amide bonds. The molecule has 4 rings (SSSR count). The van der Waals surface area contributed by atoms with E-state index in [1.165, 1.54) is 27.8 Å². The van der Waals surface area contributed by atoms with E-state index >= 15 is 0 Å². The van der Waals surface area contributed by atoms with Crippen molar-refractivity contribution in [2.24, 2.45) is 0 Å². The quantitative estimate of drug-likeness (QED) is 0.885. The summed E-state index contributed by atoms with van der Waals surface area (Å²) < 4.78 is 2.03. The molecule has 5 heteroatoms. The summed E-state index contributed by atoms with van der Waals surface area (Å²) in [7, 11) is 0. The SMILES string of the molecule is CCc1c2c3c(cccc3n1NC(=O)N(CC)CC)C1=CCCN[C@@H]1C2. The Kier molecular flexibility index (Phi) is 4.49. The first-order valence-electron chi connectivity index (χ1n) is 9.84. The fraction of sp³-hybridized carbons (Fsp3) is 0.476. The maximum Gasteiger partial charge on any atom is 0.336 e. The molecule has 2 N–H and O–H groups in total. The number of aromatic nitrogens is 1. The lowest BCUT2D eigenvalue weighted by Gasteiger charge is -2.30. The minimum absolute atomic E-state index is 0.0347. The van der Waals surface area contributed by atoms with E-state index in [0.29, 0.717) is 19.1 Å². The lowest BCUT2D eigenvalue weighted by molar-refractivity contribution is 0.214. The Morgan fingerprint density at radius 2 is 2.12 bits per heavy atom. The van der Waals surface area contributed by atoms with E-state index in [1.54, 1.807) is 0 Å². The molecule has 5 nitrogen and oxygen atoms in total. The average molecular weight is 352 g/mol. The van der Waals surface area contributed by atoms with Crippen LogP contribution in [0.3, 0.4) is 0 Å². The van der Waals surface area contributed by atoms with Crippen LogP contribution in [0.4, 0.5) is 4.79 Å². The number of benzene rings is 1. The van der Waals surface area contributed by atoms with Gasteiger partial charge in [-0.05, 0) is 62.4 Å². The van der Waals surface area contributed by atoms with Gasteiger partial charge in [0.25, 0.3) is 0 Å². The first-order chi connectivity index (χ1) is 12.7. The van der Waals surface area contributed by atoms with E-state index < -0.39 is 0 Å². The second-order valence-electron chi connectivity index (χ2n) is 7.06. The third-order valence-corrected chi connectivity index (χ3v) is 5.79. The zero-order chi connectivity index (χ0) is 18.3. The normalized spacial score (nSPS) is 18.4. The minimum Gasteiger partial charge on any atom is -0.324 e. The number of fused-ring (bicyclic) bond motifs is 2. The highest BCUT2D eigenvalue weighted by atomic mass is 16.2. The number of nitrogens with zero attached hydrogens (tertiary/aromatic N) is 2. The number of hydrogen-bond acceptors (Lipinski definition) is 2.